The lowest BCUT2D eigenvalue weighted by molar-refractivity contribution is -0.154. The monoisotopic (exact) mass is 713 g/mol. The molecule has 3 N–H and O–H groups in total. The number of nitrogens with zero attached hydrogens (tertiary/aromatic N) is 4. The molecule has 2 amide bonds. The van der Waals surface area contributed by atoms with Crippen LogP contribution in [0.4, 0.5) is 30.8 Å². The average molecular weight is 714 g/mol. The van der Waals surface area contributed by atoms with Gasteiger partial charge in [0.25, 0.3) is 5.91 Å². The van der Waals surface area contributed by atoms with Gasteiger partial charge in [-0.1, -0.05) is 31.5 Å². The number of nitrogens with one attached hydrogen (secondary N) is 3. The predicted molar refractivity (Wildman–Crippen MR) is 180 cm³/mol. The second-order valence-electron chi connectivity index (χ2n) is 12.1. The summed E-state index contributed by atoms with van der Waals surface area (Å²) in [6.07, 6.45) is 0.470. The van der Waals surface area contributed by atoms with Crippen LogP contribution in [0.5, 0.6) is 11.8 Å². The molecule has 0 spiro atoms. The lowest BCUT2D eigenvalue weighted by atomic mass is 9.92. The van der Waals surface area contributed by atoms with E-state index in [4.69, 9.17) is 25.5 Å². The van der Waals surface area contributed by atoms with Crippen molar-refractivity contribution in [3.63, 3.8) is 0 Å². The first kappa shape index (κ1) is 36.0. The molecule has 0 atom stereocenters. The standard InChI is InChI=1S/C34H35ClF3N7O5/c1-33(2)19-40-29(47)23-7-9-24(10-8-23)41-31-42-30(43-32(44-31)50-21-34(36,37)38)39-18-22-6-12-27(26(35)17-22)49-16-4-14-45(20-33)28(46)13-11-25-5-3-15-48-25/h3,5-13,15,17H,4,14,16,18-21H2,1-2H3,(H,40,47)(H2,39,41,42,43,44). The van der Waals surface area contributed by atoms with Crippen molar-refractivity contribution in [2.45, 2.75) is 33.0 Å². The average Bonchev–Trinajstić information content (AvgIpc) is 3.60. The molecule has 0 saturated carbocycles. The Labute approximate surface area is 291 Å². The molecule has 50 heavy (non-hydrogen) atoms. The number of benzene rings is 2. The topological polar surface area (TPSA) is 144 Å². The van der Waals surface area contributed by atoms with Crippen LogP contribution in [0, 0.1) is 5.41 Å². The van der Waals surface area contributed by atoms with Crippen LogP contribution in [0.25, 0.3) is 6.08 Å². The van der Waals surface area contributed by atoms with E-state index < -0.39 is 24.2 Å². The number of halogens is 4. The van der Waals surface area contributed by atoms with E-state index in [9.17, 15) is 22.8 Å². The molecule has 12 nitrogen and oxygen atoms in total. The van der Waals surface area contributed by atoms with Gasteiger partial charge in [0.2, 0.25) is 17.8 Å². The molecule has 0 saturated heterocycles. The Morgan fingerprint density at radius 2 is 1.86 bits per heavy atom. The van der Waals surface area contributed by atoms with Crippen LogP contribution in [0.15, 0.2) is 71.4 Å². The van der Waals surface area contributed by atoms with E-state index in [0.717, 1.165) is 0 Å². The SMILES string of the molecule is CC1(C)CNC(=O)c2ccc(cc2)Nc2nc(nc(OCC(F)(F)F)n2)NCc2ccc(c(Cl)c2)OCCCN(C(=O)C=Cc2ccco2)C1. The molecule has 6 bridgehead atoms. The van der Waals surface area contributed by atoms with Crippen LogP contribution < -0.4 is 25.4 Å². The van der Waals surface area contributed by atoms with E-state index >= 15 is 0 Å². The Morgan fingerprint density at radius 3 is 2.58 bits per heavy atom. The fourth-order valence-corrected chi connectivity index (χ4v) is 5.09. The van der Waals surface area contributed by atoms with Gasteiger partial charge < -0.3 is 34.7 Å². The van der Waals surface area contributed by atoms with E-state index in [1.807, 2.05) is 13.8 Å². The number of furan rings is 1. The highest BCUT2D eigenvalue weighted by atomic mass is 35.5. The minimum atomic E-state index is -4.60. The van der Waals surface area contributed by atoms with Gasteiger partial charge in [0.05, 0.1) is 17.9 Å². The summed E-state index contributed by atoms with van der Waals surface area (Å²) in [6, 6.07) is 14.4. The summed E-state index contributed by atoms with van der Waals surface area (Å²) >= 11 is 6.51. The van der Waals surface area contributed by atoms with E-state index in [2.05, 4.69) is 30.9 Å². The van der Waals surface area contributed by atoms with Crippen molar-refractivity contribution in [3.05, 3.63) is 88.8 Å². The number of anilines is 3. The van der Waals surface area contributed by atoms with E-state index in [0.29, 0.717) is 52.9 Å². The van der Waals surface area contributed by atoms with Crippen LogP contribution in [0.2, 0.25) is 5.02 Å². The number of carbonyl (C=O) groups excluding carboxylic acids is 2. The Kier molecular flexibility index (Phi) is 11.5. The van der Waals surface area contributed by atoms with Crippen molar-refractivity contribution < 1.29 is 36.7 Å². The number of alkyl halides is 3. The molecule has 4 aliphatic heterocycles. The third kappa shape index (κ3) is 10.9. The molecule has 0 aliphatic carbocycles. The normalized spacial score (nSPS) is 15.8. The first-order valence-electron chi connectivity index (χ1n) is 15.6. The lowest BCUT2D eigenvalue weighted by Gasteiger charge is -2.32. The van der Waals surface area contributed by atoms with Gasteiger partial charge in [0, 0.05) is 43.5 Å². The van der Waals surface area contributed by atoms with Gasteiger partial charge in [-0.3, -0.25) is 9.59 Å². The molecular formula is C34H35ClF3N7O5. The highest BCUT2D eigenvalue weighted by Crippen LogP contribution is 2.27. The number of ether oxygens (including phenoxy) is 2. The van der Waals surface area contributed by atoms with Crippen LogP contribution in [-0.4, -0.2) is 70.7 Å². The molecule has 16 heteroatoms. The molecule has 0 unspecified atom stereocenters. The lowest BCUT2D eigenvalue weighted by Crippen LogP contribution is -2.44. The number of rotatable bonds is 4. The second-order valence-corrected chi connectivity index (χ2v) is 12.6. The van der Waals surface area contributed by atoms with Crippen molar-refractivity contribution in [2.75, 3.05) is 43.5 Å². The first-order valence-corrected chi connectivity index (χ1v) is 16.0. The van der Waals surface area contributed by atoms with Crippen LogP contribution in [-0.2, 0) is 11.3 Å². The maximum Gasteiger partial charge on any atom is 0.422 e. The minimum Gasteiger partial charge on any atom is -0.492 e. The van der Waals surface area contributed by atoms with Crippen molar-refractivity contribution in [1.29, 1.82) is 0 Å². The van der Waals surface area contributed by atoms with Crippen molar-refractivity contribution in [1.82, 2.24) is 25.2 Å². The van der Waals surface area contributed by atoms with Gasteiger partial charge in [0.1, 0.15) is 11.5 Å². The number of amides is 2. The Hall–Kier alpha value is -5.31. The van der Waals surface area contributed by atoms with Gasteiger partial charge >= 0.3 is 12.2 Å². The number of hydrogen-bond acceptors (Lipinski definition) is 10. The Bertz CT molecular complexity index is 1800. The number of carbonyl (C=O) groups is 2. The molecule has 8 rings (SSSR count). The predicted octanol–water partition coefficient (Wildman–Crippen LogP) is 6.50. The molecule has 4 aliphatic rings. The van der Waals surface area contributed by atoms with Crippen molar-refractivity contribution in [3.8, 4) is 11.8 Å². The summed E-state index contributed by atoms with van der Waals surface area (Å²) in [5, 5.41) is 9.13. The summed E-state index contributed by atoms with van der Waals surface area (Å²) in [6.45, 7) is 3.69. The van der Waals surface area contributed by atoms with Gasteiger partial charge in [-0.2, -0.15) is 28.1 Å². The summed E-state index contributed by atoms with van der Waals surface area (Å²) in [7, 11) is 0. The van der Waals surface area contributed by atoms with Crippen LogP contribution >= 0.6 is 11.6 Å². The highest BCUT2D eigenvalue weighted by Gasteiger charge is 2.29. The summed E-state index contributed by atoms with van der Waals surface area (Å²) < 4.78 is 54.7. The highest BCUT2D eigenvalue weighted by molar-refractivity contribution is 6.32. The van der Waals surface area contributed by atoms with Gasteiger partial charge in [-0.25, -0.2) is 0 Å². The van der Waals surface area contributed by atoms with E-state index in [1.54, 1.807) is 65.6 Å². The fraction of sp³-hybridized carbons (Fsp3) is 0.324. The van der Waals surface area contributed by atoms with Crippen LogP contribution in [0.1, 0.15) is 41.9 Å². The smallest absolute Gasteiger partial charge is 0.422 e. The molecular weight excluding hydrogens is 679 g/mol. The van der Waals surface area contributed by atoms with Crippen molar-refractivity contribution in [2.24, 2.45) is 5.41 Å². The molecule has 0 fully saturated rings. The molecule has 0 radical (unpaired) electrons. The molecule has 2 aromatic carbocycles. The molecule has 264 valence electrons. The van der Waals surface area contributed by atoms with Gasteiger partial charge in [-0.05, 0) is 72.0 Å². The minimum absolute atomic E-state index is 0.0534. The van der Waals surface area contributed by atoms with Gasteiger partial charge in [-0.15, -0.1) is 0 Å². The number of hydrogen-bond donors (Lipinski definition) is 3. The maximum atomic E-state index is 13.3. The summed E-state index contributed by atoms with van der Waals surface area (Å²) in [4.78, 5) is 40.3. The van der Waals surface area contributed by atoms with Gasteiger partial charge in [0.15, 0.2) is 6.61 Å². The zero-order chi connectivity index (χ0) is 35.7. The Morgan fingerprint density at radius 1 is 1.08 bits per heavy atom. The van der Waals surface area contributed by atoms with E-state index in [-0.39, 0.29) is 43.4 Å². The van der Waals surface area contributed by atoms with E-state index in [1.165, 1.54) is 12.3 Å². The zero-order valence-corrected chi connectivity index (χ0v) is 28.0. The molecule has 4 aromatic rings. The third-order valence-electron chi connectivity index (χ3n) is 7.25. The second kappa shape index (κ2) is 15.9. The van der Waals surface area contributed by atoms with Crippen molar-refractivity contribution >= 4 is 47.1 Å². The molecule has 2 aromatic heterocycles. The maximum absolute atomic E-state index is 13.3. The fourth-order valence-electron chi connectivity index (χ4n) is 4.83. The number of aromatic nitrogens is 3. The summed E-state index contributed by atoms with van der Waals surface area (Å²) in [5.74, 6) is 0.284. The molecule has 6 heterocycles. The van der Waals surface area contributed by atoms with Crippen LogP contribution in [0.3, 0.4) is 0 Å². The largest absolute Gasteiger partial charge is 0.492 e. The third-order valence-corrected chi connectivity index (χ3v) is 7.55. The summed E-state index contributed by atoms with van der Waals surface area (Å²) in [5.41, 5.74) is 1.01. The zero-order valence-electron chi connectivity index (χ0n) is 27.2. The quantitative estimate of drug-likeness (QED) is 0.201. The Balaban J connectivity index is 1.38. The first-order chi connectivity index (χ1) is 23.8.